The largest absolute Gasteiger partial charge is 0.492 e. The van der Waals surface area contributed by atoms with Crippen LogP contribution in [0.15, 0.2) is 27.6 Å². The molecular formula is C13H21BrN2O3S. The third kappa shape index (κ3) is 4.44. The summed E-state index contributed by atoms with van der Waals surface area (Å²) in [6, 6.07) is 5.02. The zero-order chi connectivity index (χ0) is 15.2. The second kappa shape index (κ2) is 7.97. The van der Waals surface area contributed by atoms with Gasteiger partial charge in [0.2, 0.25) is 10.0 Å². The van der Waals surface area contributed by atoms with Gasteiger partial charge >= 0.3 is 0 Å². The average Bonchev–Trinajstić information content (AvgIpc) is 2.41. The van der Waals surface area contributed by atoms with Gasteiger partial charge in [0.15, 0.2) is 0 Å². The molecule has 1 N–H and O–H groups in total. The lowest BCUT2D eigenvalue weighted by molar-refractivity contribution is 0.329. The molecule has 0 aliphatic rings. The van der Waals surface area contributed by atoms with E-state index >= 15 is 0 Å². The molecule has 7 heteroatoms. The zero-order valence-corrected chi connectivity index (χ0v) is 14.4. The van der Waals surface area contributed by atoms with Crippen LogP contribution in [-0.2, 0) is 10.0 Å². The Labute approximate surface area is 129 Å². The molecule has 20 heavy (non-hydrogen) atoms. The maximum Gasteiger partial charge on any atom is 0.246 e. The lowest BCUT2D eigenvalue weighted by Crippen LogP contribution is -2.30. The van der Waals surface area contributed by atoms with Crippen LogP contribution >= 0.6 is 15.9 Å². The van der Waals surface area contributed by atoms with E-state index in [-0.39, 0.29) is 4.90 Å². The predicted molar refractivity (Wildman–Crippen MR) is 83.7 cm³/mol. The van der Waals surface area contributed by atoms with E-state index in [1.807, 2.05) is 14.0 Å². The van der Waals surface area contributed by atoms with Crippen molar-refractivity contribution >= 4 is 26.0 Å². The summed E-state index contributed by atoms with van der Waals surface area (Å²) in [4.78, 5) is 0.195. The first-order chi connectivity index (χ1) is 9.43. The van der Waals surface area contributed by atoms with Crippen LogP contribution in [0.2, 0.25) is 0 Å². The van der Waals surface area contributed by atoms with Crippen molar-refractivity contribution in [3.05, 3.63) is 22.7 Å². The normalized spacial score (nSPS) is 11.8. The molecule has 5 nitrogen and oxygen atoms in total. The van der Waals surface area contributed by atoms with Crippen LogP contribution in [0.5, 0.6) is 5.75 Å². The molecule has 1 rings (SSSR count). The van der Waals surface area contributed by atoms with Gasteiger partial charge in [0.1, 0.15) is 10.6 Å². The highest BCUT2D eigenvalue weighted by Crippen LogP contribution is 2.29. The van der Waals surface area contributed by atoms with Crippen LogP contribution in [0.25, 0.3) is 0 Å². The zero-order valence-electron chi connectivity index (χ0n) is 12.0. The summed E-state index contributed by atoms with van der Waals surface area (Å²) in [5.41, 5.74) is 0. The van der Waals surface area contributed by atoms with Gasteiger partial charge < -0.3 is 10.1 Å². The van der Waals surface area contributed by atoms with Crippen LogP contribution in [0.1, 0.15) is 13.3 Å². The van der Waals surface area contributed by atoms with Crippen molar-refractivity contribution in [2.45, 2.75) is 18.2 Å². The molecule has 0 radical (unpaired) electrons. The lowest BCUT2D eigenvalue weighted by atomic mass is 10.3. The first kappa shape index (κ1) is 17.4. The lowest BCUT2D eigenvalue weighted by Gasteiger charge is -2.19. The Morgan fingerprint density at radius 2 is 2.10 bits per heavy atom. The van der Waals surface area contributed by atoms with E-state index < -0.39 is 10.0 Å². The molecule has 114 valence electrons. The molecule has 0 saturated carbocycles. The molecule has 0 bridgehead atoms. The number of ether oxygens (including phenoxy) is 1. The van der Waals surface area contributed by atoms with E-state index in [0.717, 1.165) is 13.0 Å². The standard InChI is InChI=1S/C13H21BrN2O3S/c1-4-19-12-7-6-11(14)10-13(12)20(17,18)16(3)9-5-8-15-2/h6-7,10,15H,4-5,8-9H2,1-3H3. The molecular weight excluding hydrogens is 344 g/mol. The van der Waals surface area contributed by atoms with Crippen molar-refractivity contribution in [3.8, 4) is 5.75 Å². The van der Waals surface area contributed by atoms with Crippen molar-refractivity contribution in [1.82, 2.24) is 9.62 Å². The van der Waals surface area contributed by atoms with E-state index in [1.165, 1.54) is 4.31 Å². The topological polar surface area (TPSA) is 58.6 Å². The van der Waals surface area contributed by atoms with Gasteiger partial charge in [-0.1, -0.05) is 15.9 Å². The summed E-state index contributed by atoms with van der Waals surface area (Å²) in [6.45, 7) is 3.49. The molecule has 0 aliphatic heterocycles. The first-order valence-electron chi connectivity index (χ1n) is 6.46. The van der Waals surface area contributed by atoms with Gasteiger partial charge in [-0.25, -0.2) is 12.7 Å². The molecule has 0 spiro atoms. The van der Waals surface area contributed by atoms with E-state index in [0.29, 0.717) is 23.4 Å². The maximum absolute atomic E-state index is 12.6. The summed E-state index contributed by atoms with van der Waals surface area (Å²) >= 11 is 3.30. The second-order valence-corrected chi connectivity index (χ2v) is 7.24. The Hall–Kier alpha value is -0.630. The van der Waals surface area contributed by atoms with Gasteiger partial charge in [0.05, 0.1) is 6.61 Å². The molecule has 0 heterocycles. The Morgan fingerprint density at radius 1 is 1.40 bits per heavy atom. The highest BCUT2D eigenvalue weighted by Gasteiger charge is 2.24. The SMILES string of the molecule is CCOc1ccc(Br)cc1S(=O)(=O)N(C)CCCNC. The summed E-state index contributed by atoms with van der Waals surface area (Å²) in [5.74, 6) is 0.385. The van der Waals surface area contributed by atoms with Gasteiger partial charge in [-0.05, 0) is 45.1 Å². The molecule has 0 saturated heterocycles. The molecule has 0 aliphatic carbocycles. The van der Waals surface area contributed by atoms with Crippen LogP contribution < -0.4 is 10.1 Å². The summed E-state index contributed by atoms with van der Waals surface area (Å²) in [6.07, 6.45) is 0.754. The Kier molecular flexibility index (Phi) is 6.94. The molecule has 1 aromatic rings. The molecule has 1 aromatic carbocycles. The first-order valence-corrected chi connectivity index (χ1v) is 8.70. The number of hydrogen-bond acceptors (Lipinski definition) is 4. The maximum atomic E-state index is 12.6. The molecule has 0 amide bonds. The number of benzene rings is 1. The van der Waals surface area contributed by atoms with Crippen molar-refractivity contribution < 1.29 is 13.2 Å². The number of rotatable bonds is 8. The third-order valence-electron chi connectivity index (χ3n) is 2.79. The van der Waals surface area contributed by atoms with Gasteiger partial charge in [-0.3, -0.25) is 0 Å². The minimum Gasteiger partial charge on any atom is -0.492 e. The van der Waals surface area contributed by atoms with E-state index in [9.17, 15) is 8.42 Å². The average molecular weight is 365 g/mol. The molecule has 0 aromatic heterocycles. The van der Waals surface area contributed by atoms with Gasteiger partial charge in [-0.15, -0.1) is 0 Å². The highest BCUT2D eigenvalue weighted by molar-refractivity contribution is 9.10. The fraction of sp³-hybridized carbons (Fsp3) is 0.538. The van der Waals surface area contributed by atoms with Crippen LogP contribution in [-0.4, -0.2) is 46.5 Å². The van der Waals surface area contributed by atoms with Crippen LogP contribution in [0.3, 0.4) is 0 Å². The number of nitrogens with one attached hydrogen (secondary N) is 1. The van der Waals surface area contributed by atoms with E-state index in [2.05, 4.69) is 21.2 Å². The van der Waals surface area contributed by atoms with Crippen molar-refractivity contribution in [2.75, 3.05) is 33.8 Å². The quantitative estimate of drug-likeness (QED) is 0.717. The highest BCUT2D eigenvalue weighted by atomic mass is 79.9. The van der Waals surface area contributed by atoms with Crippen LogP contribution in [0.4, 0.5) is 0 Å². The number of halogens is 1. The molecule has 0 unspecified atom stereocenters. The van der Waals surface area contributed by atoms with Crippen molar-refractivity contribution in [2.24, 2.45) is 0 Å². The van der Waals surface area contributed by atoms with Crippen LogP contribution in [0, 0.1) is 0 Å². The minimum atomic E-state index is -3.54. The predicted octanol–water partition coefficient (Wildman–Crippen LogP) is 2.08. The van der Waals surface area contributed by atoms with Crippen molar-refractivity contribution in [1.29, 1.82) is 0 Å². The van der Waals surface area contributed by atoms with E-state index in [1.54, 1.807) is 25.2 Å². The Morgan fingerprint density at radius 3 is 2.70 bits per heavy atom. The number of nitrogens with zero attached hydrogens (tertiary/aromatic N) is 1. The number of hydrogen-bond donors (Lipinski definition) is 1. The van der Waals surface area contributed by atoms with Gasteiger partial charge in [0.25, 0.3) is 0 Å². The Bertz CT molecular complexity index is 534. The fourth-order valence-electron chi connectivity index (χ4n) is 1.72. The number of sulfonamides is 1. The monoisotopic (exact) mass is 364 g/mol. The van der Waals surface area contributed by atoms with Gasteiger partial charge in [0, 0.05) is 18.1 Å². The smallest absolute Gasteiger partial charge is 0.246 e. The summed E-state index contributed by atoms with van der Waals surface area (Å²) < 4.78 is 32.6. The summed E-state index contributed by atoms with van der Waals surface area (Å²) in [5, 5.41) is 3.00. The summed E-state index contributed by atoms with van der Waals surface area (Å²) in [7, 11) is -0.116. The van der Waals surface area contributed by atoms with E-state index in [4.69, 9.17) is 4.74 Å². The third-order valence-corrected chi connectivity index (χ3v) is 5.16. The Balaban J connectivity index is 3.04. The molecule has 0 fully saturated rings. The fourth-order valence-corrected chi connectivity index (χ4v) is 3.60. The second-order valence-electron chi connectivity index (χ2n) is 4.31. The van der Waals surface area contributed by atoms with Gasteiger partial charge in [-0.2, -0.15) is 0 Å². The molecule has 0 atom stereocenters. The minimum absolute atomic E-state index is 0.195. The van der Waals surface area contributed by atoms with Crippen molar-refractivity contribution in [3.63, 3.8) is 0 Å².